The van der Waals surface area contributed by atoms with Gasteiger partial charge in [0.15, 0.2) is 5.16 Å². The van der Waals surface area contributed by atoms with Gasteiger partial charge in [-0.3, -0.25) is 14.2 Å². The molecule has 0 aliphatic heterocycles. The summed E-state index contributed by atoms with van der Waals surface area (Å²) in [6.07, 6.45) is -0.00882. The van der Waals surface area contributed by atoms with Gasteiger partial charge < -0.3 is 5.32 Å². The first-order valence-electron chi connectivity index (χ1n) is 10.9. The summed E-state index contributed by atoms with van der Waals surface area (Å²) in [5.74, 6) is -0.673. The minimum absolute atomic E-state index is 0.0851. The summed E-state index contributed by atoms with van der Waals surface area (Å²) in [5.41, 5.74) is 1.08. The second kappa shape index (κ2) is 11.1. The van der Waals surface area contributed by atoms with Crippen LogP contribution >= 0.6 is 35.0 Å². The van der Waals surface area contributed by atoms with Crippen molar-refractivity contribution in [3.63, 3.8) is 0 Å². The van der Waals surface area contributed by atoms with Gasteiger partial charge in [0, 0.05) is 40.1 Å². The third-order valence-corrected chi connectivity index (χ3v) is 6.73. The van der Waals surface area contributed by atoms with Crippen LogP contribution in [0, 0.1) is 6.92 Å². The zero-order valence-electron chi connectivity index (χ0n) is 19.6. The molecule has 4 aromatic rings. The zero-order chi connectivity index (χ0) is 26.7. The number of aromatic nitrogens is 6. The summed E-state index contributed by atoms with van der Waals surface area (Å²) in [5, 5.41) is 11.9. The van der Waals surface area contributed by atoms with Gasteiger partial charge in [-0.1, -0.05) is 41.0 Å². The van der Waals surface area contributed by atoms with E-state index in [1.54, 1.807) is 46.9 Å². The summed E-state index contributed by atoms with van der Waals surface area (Å²) in [6, 6.07) is 6.04. The molecule has 194 valence electrons. The Hall–Kier alpha value is -3.09. The number of hydrogen-bond donors (Lipinski definition) is 1. The molecule has 0 atom stereocenters. The molecule has 37 heavy (non-hydrogen) atoms. The summed E-state index contributed by atoms with van der Waals surface area (Å²) >= 11 is 13.2. The zero-order valence-corrected chi connectivity index (χ0v) is 21.9. The molecule has 3 heterocycles. The highest BCUT2D eigenvalue weighted by molar-refractivity contribution is 7.99. The van der Waals surface area contributed by atoms with Crippen LogP contribution in [-0.4, -0.2) is 41.2 Å². The van der Waals surface area contributed by atoms with Crippen LogP contribution in [-0.2, 0) is 24.1 Å². The average Bonchev–Trinajstić information content (AvgIpc) is 3.45. The molecule has 4 rings (SSSR count). The smallest absolute Gasteiger partial charge is 0.323 e. The highest BCUT2D eigenvalue weighted by atomic mass is 35.5. The minimum Gasteiger partial charge on any atom is -0.323 e. The van der Waals surface area contributed by atoms with Crippen molar-refractivity contribution < 1.29 is 18.0 Å². The number of thioether (sulfide) groups is 1. The van der Waals surface area contributed by atoms with Gasteiger partial charge in [-0.2, -0.15) is 23.4 Å². The number of hydrogen-bond acceptors (Lipinski definition) is 6. The van der Waals surface area contributed by atoms with Crippen LogP contribution in [0.25, 0.3) is 11.3 Å². The number of halogens is 5. The molecular weight excluding hydrogens is 550 g/mol. The molecule has 0 aliphatic carbocycles. The quantitative estimate of drug-likeness (QED) is 0.208. The molecule has 1 aromatic carbocycles. The molecule has 8 nitrogen and oxygen atoms in total. The number of rotatable bonds is 8. The molecule has 14 heteroatoms. The lowest BCUT2D eigenvalue weighted by atomic mass is 10.1. The van der Waals surface area contributed by atoms with Crippen molar-refractivity contribution in [2.45, 2.75) is 38.3 Å². The first-order valence-corrected chi connectivity index (χ1v) is 12.7. The number of anilines is 1. The van der Waals surface area contributed by atoms with Crippen LogP contribution < -0.4 is 5.32 Å². The molecule has 0 fully saturated rings. The number of benzene rings is 1. The van der Waals surface area contributed by atoms with Gasteiger partial charge >= 0.3 is 6.18 Å². The lowest BCUT2D eigenvalue weighted by molar-refractivity contribution is -0.141. The number of carbonyl (C=O) groups excluding carboxylic acids is 1. The van der Waals surface area contributed by atoms with Gasteiger partial charge in [0.2, 0.25) is 5.91 Å². The van der Waals surface area contributed by atoms with Gasteiger partial charge in [-0.25, -0.2) is 9.97 Å². The molecule has 0 radical (unpaired) electrons. The normalized spacial score (nSPS) is 11.6. The second-order valence-electron chi connectivity index (χ2n) is 7.87. The van der Waals surface area contributed by atoms with E-state index in [0.29, 0.717) is 39.1 Å². The fourth-order valence-electron chi connectivity index (χ4n) is 3.39. The fourth-order valence-corrected chi connectivity index (χ4v) is 4.57. The fraction of sp³-hybridized carbons (Fsp3) is 0.261. The van der Waals surface area contributed by atoms with Gasteiger partial charge in [0.05, 0.1) is 35.6 Å². The van der Waals surface area contributed by atoms with E-state index in [4.69, 9.17) is 23.2 Å². The molecule has 0 aliphatic rings. The number of nitrogens with zero attached hydrogens (tertiary/aromatic N) is 6. The maximum absolute atomic E-state index is 13.5. The number of aryl methyl sites for hydroxylation is 2. The van der Waals surface area contributed by atoms with Gasteiger partial charge in [-0.15, -0.1) is 0 Å². The van der Waals surface area contributed by atoms with Crippen molar-refractivity contribution in [3.05, 3.63) is 69.9 Å². The van der Waals surface area contributed by atoms with E-state index < -0.39 is 17.8 Å². The van der Waals surface area contributed by atoms with Gasteiger partial charge in [-0.05, 0) is 32.0 Å². The predicted molar refractivity (Wildman–Crippen MR) is 136 cm³/mol. The summed E-state index contributed by atoms with van der Waals surface area (Å²) in [6.45, 7) is 4.41. The first-order chi connectivity index (χ1) is 17.5. The summed E-state index contributed by atoms with van der Waals surface area (Å²) in [7, 11) is 0. The highest BCUT2D eigenvalue weighted by Gasteiger charge is 2.34. The Balaban J connectivity index is 1.45. The number of alkyl halides is 3. The molecule has 0 saturated carbocycles. The molecular formula is C23H20Cl2F3N7OS. The Bertz CT molecular complexity index is 1420. The molecule has 0 unspecified atom stereocenters. The Morgan fingerprint density at radius 1 is 1.14 bits per heavy atom. The van der Waals surface area contributed by atoms with Crippen molar-refractivity contribution in [1.82, 2.24) is 29.5 Å². The van der Waals surface area contributed by atoms with E-state index in [1.165, 1.54) is 6.20 Å². The first kappa shape index (κ1) is 27.0. The Labute approximate surface area is 224 Å². The largest absolute Gasteiger partial charge is 0.433 e. The van der Waals surface area contributed by atoms with Crippen LogP contribution in [0.5, 0.6) is 0 Å². The van der Waals surface area contributed by atoms with Crippen LogP contribution in [0.15, 0.2) is 48.0 Å². The van der Waals surface area contributed by atoms with E-state index in [9.17, 15) is 18.0 Å². The molecule has 0 spiro atoms. The average molecular weight is 570 g/mol. The standard InChI is InChI=1S/C23H20Cl2F3N7OS/c1-3-34-10-15(13(2)33-34)19-7-20(23(26,27)28)32-22(31-19)37-12-21(36)30-14-8-29-35(9-14)11-16-17(24)5-4-6-18(16)25/h4-10H,3,11-12H2,1-2H3,(H,30,36). The van der Waals surface area contributed by atoms with Crippen LogP contribution in [0.4, 0.5) is 18.9 Å². The van der Waals surface area contributed by atoms with Crippen molar-refractivity contribution in [1.29, 1.82) is 0 Å². The van der Waals surface area contributed by atoms with Crippen molar-refractivity contribution in [2.75, 3.05) is 11.1 Å². The van der Waals surface area contributed by atoms with Gasteiger partial charge in [0.1, 0.15) is 5.69 Å². The third kappa shape index (κ3) is 6.62. The highest BCUT2D eigenvalue weighted by Crippen LogP contribution is 2.33. The van der Waals surface area contributed by atoms with Crippen LogP contribution in [0.2, 0.25) is 10.0 Å². The maximum Gasteiger partial charge on any atom is 0.433 e. The Morgan fingerprint density at radius 3 is 2.51 bits per heavy atom. The number of amides is 1. The molecule has 1 N–H and O–H groups in total. The predicted octanol–water partition coefficient (Wildman–Crippen LogP) is 5.97. The molecule has 3 aromatic heterocycles. The van der Waals surface area contributed by atoms with E-state index in [-0.39, 0.29) is 23.1 Å². The lowest BCUT2D eigenvalue weighted by Gasteiger charge is -2.10. The van der Waals surface area contributed by atoms with Crippen molar-refractivity contribution in [2.24, 2.45) is 0 Å². The second-order valence-corrected chi connectivity index (χ2v) is 9.62. The SMILES string of the molecule is CCn1cc(-c2cc(C(F)(F)F)nc(SCC(=O)Nc3cnn(Cc4c(Cl)cccc4Cl)c3)n2)c(C)n1. The minimum atomic E-state index is -4.68. The summed E-state index contributed by atoms with van der Waals surface area (Å²) in [4.78, 5) is 20.4. The van der Waals surface area contributed by atoms with E-state index in [0.717, 1.165) is 17.8 Å². The van der Waals surface area contributed by atoms with Gasteiger partial charge in [0.25, 0.3) is 0 Å². The van der Waals surface area contributed by atoms with Crippen molar-refractivity contribution >= 4 is 46.6 Å². The summed E-state index contributed by atoms with van der Waals surface area (Å²) < 4.78 is 43.7. The topological polar surface area (TPSA) is 90.5 Å². The number of nitrogens with one attached hydrogen (secondary N) is 1. The molecule has 1 amide bonds. The van der Waals surface area contributed by atoms with E-state index >= 15 is 0 Å². The van der Waals surface area contributed by atoms with E-state index in [1.807, 2.05) is 6.92 Å². The molecule has 0 bridgehead atoms. The molecule has 0 saturated heterocycles. The van der Waals surface area contributed by atoms with Crippen molar-refractivity contribution in [3.8, 4) is 11.3 Å². The van der Waals surface area contributed by atoms with Crippen LogP contribution in [0.3, 0.4) is 0 Å². The Morgan fingerprint density at radius 2 is 1.86 bits per heavy atom. The maximum atomic E-state index is 13.5. The van der Waals surface area contributed by atoms with Crippen LogP contribution in [0.1, 0.15) is 23.9 Å². The third-order valence-electron chi connectivity index (χ3n) is 5.17. The monoisotopic (exact) mass is 569 g/mol. The van der Waals surface area contributed by atoms with E-state index in [2.05, 4.69) is 25.5 Å². The Kier molecular flexibility index (Phi) is 8.10. The number of carbonyl (C=O) groups is 1. The lowest BCUT2D eigenvalue weighted by Crippen LogP contribution is -2.15.